The monoisotopic (exact) mass is 205 g/mol. The summed E-state index contributed by atoms with van der Waals surface area (Å²) in [5, 5.41) is 7.91. The number of nitrogens with zero attached hydrogens (tertiary/aromatic N) is 1. The minimum Gasteiger partial charge on any atom is -0.481 e. The van der Waals surface area contributed by atoms with Crippen LogP contribution in [-0.4, -0.2) is 50.3 Å². The Morgan fingerprint density at radius 2 is 1.64 bits per heavy atom. The topological polar surface area (TPSA) is 49.8 Å². The summed E-state index contributed by atoms with van der Waals surface area (Å²) in [6.45, 7) is 3.84. The Morgan fingerprint density at radius 1 is 1.36 bits per heavy atom. The standard InChI is InChI=1S/C4H8O2.C3H9N.C3H6O/c1-2-3-4(5)6;1-4(2)3;1-2-4-3-1/h2-3H2,1H3,(H,5,6);1-3H3;1-3H2. The molecule has 1 aliphatic heterocycles. The summed E-state index contributed by atoms with van der Waals surface area (Å²) in [7, 11) is 6.00. The highest BCUT2D eigenvalue weighted by molar-refractivity contribution is 5.66. The Kier molecular flexibility index (Phi) is 14.0. The molecule has 4 heteroatoms. The Bertz CT molecular complexity index is 116. The number of aliphatic carboxylic acids is 1. The number of hydrogen-bond donors (Lipinski definition) is 1. The molecular weight excluding hydrogens is 182 g/mol. The first-order valence-corrected chi connectivity index (χ1v) is 4.91. The van der Waals surface area contributed by atoms with Crippen molar-refractivity contribution in [1.82, 2.24) is 4.90 Å². The molecule has 86 valence electrons. The van der Waals surface area contributed by atoms with Gasteiger partial charge in [0.15, 0.2) is 0 Å². The first-order valence-electron chi connectivity index (χ1n) is 4.91. The van der Waals surface area contributed by atoms with Crippen LogP contribution >= 0.6 is 0 Å². The van der Waals surface area contributed by atoms with Crippen LogP contribution in [0.4, 0.5) is 0 Å². The fourth-order valence-corrected chi connectivity index (χ4v) is 0.358. The smallest absolute Gasteiger partial charge is 0.303 e. The van der Waals surface area contributed by atoms with E-state index in [9.17, 15) is 4.79 Å². The van der Waals surface area contributed by atoms with E-state index in [0.717, 1.165) is 19.6 Å². The van der Waals surface area contributed by atoms with Crippen molar-refractivity contribution in [2.75, 3.05) is 34.4 Å². The zero-order valence-electron chi connectivity index (χ0n) is 9.75. The molecular formula is C10H23NO3. The van der Waals surface area contributed by atoms with E-state index in [4.69, 9.17) is 9.84 Å². The van der Waals surface area contributed by atoms with Gasteiger partial charge in [0.1, 0.15) is 0 Å². The minimum atomic E-state index is -0.711. The molecule has 1 fully saturated rings. The largest absolute Gasteiger partial charge is 0.481 e. The molecule has 1 heterocycles. The first-order chi connectivity index (χ1) is 6.50. The molecule has 14 heavy (non-hydrogen) atoms. The lowest BCUT2D eigenvalue weighted by Crippen LogP contribution is -2.09. The van der Waals surface area contributed by atoms with E-state index in [2.05, 4.69) is 0 Å². The second-order valence-corrected chi connectivity index (χ2v) is 3.45. The van der Waals surface area contributed by atoms with Crippen LogP contribution in [0.15, 0.2) is 0 Å². The molecule has 0 aromatic heterocycles. The van der Waals surface area contributed by atoms with Gasteiger partial charge in [-0.2, -0.15) is 0 Å². The van der Waals surface area contributed by atoms with Crippen LogP contribution in [0.2, 0.25) is 0 Å². The van der Waals surface area contributed by atoms with E-state index < -0.39 is 5.97 Å². The van der Waals surface area contributed by atoms with Gasteiger partial charge in [-0.3, -0.25) is 4.79 Å². The predicted molar refractivity (Wildman–Crippen MR) is 57.6 cm³/mol. The molecule has 1 aliphatic rings. The lowest BCUT2D eigenvalue weighted by Gasteiger charge is -2.09. The third kappa shape index (κ3) is 30.1. The van der Waals surface area contributed by atoms with Crippen LogP contribution in [0.25, 0.3) is 0 Å². The van der Waals surface area contributed by atoms with Gasteiger partial charge >= 0.3 is 5.97 Å². The lowest BCUT2D eigenvalue weighted by molar-refractivity contribution is -0.137. The van der Waals surface area contributed by atoms with Gasteiger partial charge in [-0.1, -0.05) is 6.92 Å². The summed E-state index contributed by atoms with van der Waals surface area (Å²) < 4.78 is 4.72. The van der Waals surface area contributed by atoms with E-state index in [1.807, 2.05) is 33.0 Å². The Morgan fingerprint density at radius 3 is 1.64 bits per heavy atom. The molecule has 0 spiro atoms. The summed E-state index contributed by atoms with van der Waals surface area (Å²) in [5.74, 6) is -0.711. The molecule has 0 radical (unpaired) electrons. The van der Waals surface area contributed by atoms with Crippen molar-refractivity contribution in [1.29, 1.82) is 0 Å². The maximum atomic E-state index is 9.60. The number of carboxylic acids is 1. The van der Waals surface area contributed by atoms with Crippen molar-refractivity contribution in [3.8, 4) is 0 Å². The zero-order chi connectivity index (χ0) is 11.4. The molecule has 0 atom stereocenters. The van der Waals surface area contributed by atoms with Gasteiger partial charge < -0.3 is 14.7 Å². The molecule has 0 aliphatic carbocycles. The predicted octanol–water partition coefficient (Wildman–Crippen LogP) is 1.46. The van der Waals surface area contributed by atoms with E-state index in [-0.39, 0.29) is 0 Å². The maximum Gasteiger partial charge on any atom is 0.303 e. The first kappa shape index (κ1) is 15.8. The highest BCUT2D eigenvalue weighted by atomic mass is 16.5. The van der Waals surface area contributed by atoms with E-state index >= 15 is 0 Å². The van der Waals surface area contributed by atoms with E-state index in [1.54, 1.807) is 0 Å². The van der Waals surface area contributed by atoms with Gasteiger partial charge in [0.25, 0.3) is 0 Å². The van der Waals surface area contributed by atoms with Crippen molar-refractivity contribution in [2.24, 2.45) is 0 Å². The van der Waals surface area contributed by atoms with Crippen LogP contribution in [0, 0.1) is 0 Å². The SMILES string of the molecule is C1COC1.CCCC(=O)O.CN(C)C. The van der Waals surface area contributed by atoms with Crippen molar-refractivity contribution >= 4 is 5.97 Å². The summed E-state index contributed by atoms with van der Waals surface area (Å²) in [6.07, 6.45) is 2.30. The number of carbonyl (C=O) groups is 1. The second-order valence-electron chi connectivity index (χ2n) is 3.45. The summed E-state index contributed by atoms with van der Waals surface area (Å²) in [4.78, 5) is 11.6. The van der Waals surface area contributed by atoms with E-state index in [1.165, 1.54) is 6.42 Å². The second kappa shape index (κ2) is 12.4. The quantitative estimate of drug-likeness (QED) is 0.741. The molecule has 1 rings (SSSR count). The van der Waals surface area contributed by atoms with Crippen LogP contribution < -0.4 is 0 Å². The molecule has 0 bridgehead atoms. The zero-order valence-corrected chi connectivity index (χ0v) is 9.75. The maximum absolute atomic E-state index is 9.60. The van der Waals surface area contributed by atoms with Crippen LogP contribution in [0.3, 0.4) is 0 Å². The molecule has 0 aromatic carbocycles. The van der Waals surface area contributed by atoms with Crippen molar-refractivity contribution in [2.45, 2.75) is 26.2 Å². The van der Waals surface area contributed by atoms with Crippen molar-refractivity contribution in [3.63, 3.8) is 0 Å². The van der Waals surface area contributed by atoms with Gasteiger partial charge in [-0.25, -0.2) is 0 Å². The minimum absolute atomic E-state index is 0.292. The van der Waals surface area contributed by atoms with E-state index in [0.29, 0.717) is 6.42 Å². The van der Waals surface area contributed by atoms with Gasteiger partial charge in [0.05, 0.1) is 0 Å². The highest BCUT2D eigenvalue weighted by Crippen LogP contribution is 1.93. The van der Waals surface area contributed by atoms with Gasteiger partial charge in [-0.05, 0) is 34.0 Å². The Labute approximate surface area is 86.9 Å². The molecule has 0 aromatic rings. The summed E-state index contributed by atoms with van der Waals surface area (Å²) >= 11 is 0. The fourth-order valence-electron chi connectivity index (χ4n) is 0.358. The van der Waals surface area contributed by atoms with Gasteiger partial charge in [0.2, 0.25) is 0 Å². The number of ether oxygens (including phenoxy) is 1. The van der Waals surface area contributed by atoms with Crippen LogP contribution in [0.5, 0.6) is 0 Å². The fraction of sp³-hybridized carbons (Fsp3) is 0.900. The molecule has 1 saturated heterocycles. The molecule has 0 amide bonds. The third-order valence-corrected chi connectivity index (χ3v) is 1.04. The Hall–Kier alpha value is -0.610. The third-order valence-electron chi connectivity index (χ3n) is 1.04. The normalized spacial score (nSPS) is 12.9. The molecule has 4 nitrogen and oxygen atoms in total. The van der Waals surface area contributed by atoms with Gasteiger partial charge in [0, 0.05) is 19.6 Å². The lowest BCUT2D eigenvalue weighted by atomic mass is 10.4. The molecule has 0 unspecified atom stereocenters. The number of hydrogen-bond acceptors (Lipinski definition) is 3. The molecule has 1 N–H and O–H groups in total. The van der Waals surface area contributed by atoms with Crippen LogP contribution in [-0.2, 0) is 9.53 Å². The number of rotatable bonds is 2. The Balaban J connectivity index is 0. The van der Waals surface area contributed by atoms with Crippen molar-refractivity contribution in [3.05, 3.63) is 0 Å². The summed E-state index contributed by atoms with van der Waals surface area (Å²) in [5.41, 5.74) is 0. The molecule has 0 saturated carbocycles. The highest BCUT2D eigenvalue weighted by Gasteiger charge is 1.94. The average Bonchev–Trinajstić information content (AvgIpc) is 1.79. The van der Waals surface area contributed by atoms with Gasteiger partial charge in [-0.15, -0.1) is 0 Å². The average molecular weight is 205 g/mol. The van der Waals surface area contributed by atoms with Crippen molar-refractivity contribution < 1.29 is 14.6 Å². The summed E-state index contributed by atoms with van der Waals surface area (Å²) in [6, 6.07) is 0. The number of carboxylic acid groups (broad SMARTS) is 1. The van der Waals surface area contributed by atoms with Crippen LogP contribution in [0.1, 0.15) is 26.2 Å².